The highest BCUT2D eigenvalue weighted by Crippen LogP contribution is 2.19. The van der Waals surface area contributed by atoms with Crippen molar-refractivity contribution in [1.82, 2.24) is 10.2 Å². The molecule has 2 rings (SSSR count). The van der Waals surface area contributed by atoms with Gasteiger partial charge in [-0.15, -0.1) is 0 Å². The van der Waals surface area contributed by atoms with Crippen LogP contribution in [0.4, 0.5) is 4.79 Å². The third-order valence-electron chi connectivity index (χ3n) is 4.25. The summed E-state index contributed by atoms with van der Waals surface area (Å²) in [5.74, 6) is 0. The second kappa shape index (κ2) is 6.27. The topological polar surface area (TPSA) is 32.3 Å². The lowest BCUT2D eigenvalue weighted by Gasteiger charge is -2.34. The summed E-state index contributed by atoms with van der Waals surface area (Å²) in [6.07, 6.45) is 11.2. The van der Waals surface area contributed by atoms with Crippen molar-refractivity contribution >= 4 is 6.03 Å². The van der Waals surface area contributed by atoms with E-state index in [4.69, 9.17) is 0 Å². The molecular formula is C14H26N2O. The number of amides is 2. The standard InChI is InChI=1S/C14H26N2O/c1-12-8-6-7-11-16(12)14(17)15-13-9-4-2-3-5-10-13/h12-13H,2-11H2,1H3,(H,15,17). The number of carbonyl (C=O) groups excluding carboxylic acids is 1. The molecule has 1 N–H and O–H groups in total. The molecule has 17 heavy (non-hydrogen) atoms. The first-order valence-electron chi connectivity index (χ1n) is 7.34. The average Bonchev–Trinajstić information content (AvgIpc) is 2.58. The van der Waals surface area contributed by atoms with Crippen molar-refractivity contribution < 1.29 is 4.79 Å². The number of hydrogen-bond donors (Lipinski definition) is 1. The third-order valence-corrected chi connectivity index (χ3v) is 4.25. The molecule has 2 fully saturated rings. The van der Waals surface area contributed by atoms with E-state index in [1.54, 1.807) is 0 Å². The highest BCUT2D eigenvalue weighted by Gasteiger charge is 2.25. The van der Waals surface area contributed by atoms with Gasteiger partial charge < -0.3 is 10.2 Å². The van der Waals surface area contributed by atoms with E-state index in [2.05, 4.69) is 12.2 Å². The highest BCUT2D eigenvalue weighted by atomic mass is 16.2. The van der Waals surface area contributed by atoms with Crippen molar-refractivity contribution in [3.05, 3.63) is 0 Å². The molecule has 0 aromatic carbocycles. The minimum absolute atomic E-state index is 0.184. The Labute approximate surface area is 105 Å². The van der Waals surface area contributed by atoms with Crippen LogP contribution in [0.25, 0.3) is 0 Å². The van der Waals surface area contributed by atoms with Gasteiger partial charge >= 0.3 is 6.03 Å². The molecule has 1 atom stereocenters. The van der Waals surface area contributed by atoms with Crippen molar-refractivity contribution in [2.75, 3.05) is 6.54 Å². The zero-order valence-corrected chi connectivity index (χ0v) is 11.1. The van der Waals surface area contributed by atoms with Gasteiger partial charge in [0.25, 0.3) is 0 Å². The van der Waals surface area contributed by atoms with E-state index in [1.807, 2.05) is 4.90 Å². The number of piperidine rings is 1. The van der Waals surface area contributed by atoms with Crippen LogP contribution in [0, 0.1) is 0 Å². The quantitative estimate of drug-likeness (QED) is 0.698. The van der Waals surface area contributed by atoms with E-state index in [9.17, 15) is 4.79 Å². The van der Waals surface area contributed by atoms with Gasteiger partial charge in [-0.1, -0.05) is 25.7 Å². The Morgan fingerprint density at radius 1 is 1.00 bits per heavy atom. The fourth-order valence-electron chi connectivity index (χ4n) is 3.08. The number of rotatable bonds is 1. The third kappa shape index (κ3) is 3.62. The minimum Gasteiger partial charge on any atom is -0.335 e. The predicted molar refractivity (Wildman–Crippen MR) is 70.0 cm³/mol. The van der Waals surface area contributed by atoms with Crippen LogP contribution in [-0.4, -0.2) is 29.6 Å². The molecule has 0 bridgehead atoms. The van der Waals surface area contributed by atoms with E-state index < -0.39 is 0 Å². The van der Waals surface area contributed by atoms with Crippen LogP contribution < -0.4 is 5.32 Å². The van der Waals surface area contributed by atoms with E-state index in [0.717, 1.165) is 13.0 Å². The van der Waals surface area contributed by atoms with Gasteiger partial charge in [0.15, 0.2) is 0 Å². The Morgan fingerprint density at radius 3 is 2.29 bits per heavy atom. The molecular weight excluding hydrogens is 212 g/mol. The van der Waals surface area contributed by atoms with Gasteiger partial charge in [0, 0.05) is 18.6 Å². The molecule has 0 radical (unpaired) electrons. The first kappa shape index (κ1) is 12.7. The van der Waals surface area contributed by atoms with Crippen molar-refractivity contribution in [2.45, 2.75) is 76.8 Å². The summed E-state index contributed by atoms with van der Waals surface area (Å²) in [7, 11) is 0. The van der Waals surface area contributed by atoms with Gasteiger partial charge in [-0.25, -0.2) is 4.79 Å². The Morgan fingerprint density at radius 2 is 1.65 bits per heavy atom. The van der Waals surface area contributed by atoms with Gasteiger partial charge in [-0.3, -0.25) is 0 Å². The molecule has 1 unspecified atom stereocenters. The number of nitrogens with zero attached hydrogens (tertiary/aromatic N) is 1. The smallest absolute Gasteiger partial charge is 0.317 e. The van der Waals surface area contributed by atoms with E-state index >= 15 is 0 Å². The van der Waals surface area contributed by atoms with Crippen LogP contribution in [-0.2, 0) is 0 Å². The van der Waals surface area contributed by atoms with E-state index in [0.29, 0.717) is 12.1 Å². The Balaban J connectivity index is 1.82. The first-order valence-corrected chi connectivity index (χ1v) is 7.34. The summed E-state index contributed by atoms with van der Waals surface area (Å²) in [5, 5.41) is 3.25. The molecule has 98 valence electrons. The van der Waals surface area contributed by atoms with Gasteiger partial charge in [0.1, 0.15) is 0 Å². The molecule has 3 nitrogen and oxygen atoms in total. The Bertz CT molecular complexity index is 247. The summed E-state index contributed by atoms with van der Waals surface area (Å²) in [6.45, 7) is 3.12. The largest absolute Gasteiger partial charge is 0.335 e. The Kier molecular flexibility index (Phi) is 4.69. The lowest BCUT2D eigenvalue weighted by atomic mass is 10.0. The fourth-order valence-corrected chi connectivity index (χ4v) is 3.08. The molecule has 1 aliphatic carbocycles. The van der Waals surface area contributed by atoms with Crippen LogP contribution >= 0.6 is 0 Å². The highest BCUT2D eigenvalue weighted by molar-refractivity contribution is 5.75. The van der Waals surface area contributed by atoms with Crippen molar-refractivity contribution in [3.63, 3.8) is 0 Å². The van der Waals surface area contributed by atoms with Crippen molar-refractivity contribution in [3.8, 4) is 0 Å². The van der Waals surface area contributed by atoms with Crippen LogP contribution in [0.3, 0.4) is 0 Å². The monoisotopic (exact) mass is 238 g/mol. The van der Waals surface area contributed by atoms with Gasteiger partial charge in [0.05, 0.1) is 0 Å². The van der Waals surface area contributed by atoms with Crippen LogP contribution in [0.1, 0.15) is 64.7 Å². The lowest BCUT2D eigenvalue weighted by Crippen LogP contribution is -2.50. The van der Waals surface area contributed by atoms with Crippen molar-refractivity contribution in [2.24, 2.45) is 0 Å². The molecule has 1 saturated heterocycles. The minimum atomic E-state index is 0.184. The molecule has 0 aromatic heterocycles. The summed E-state index contributed by atoms with van der Waals surface area (Å²) in [5.41, 5.74) is 0. The zero-order chi connectivity index (χ0) is 12.1. The number of likely N-dealkylation sites (tertiary alicyclic amines) is 1. The zero-order valence-electron chi connectivity index (χ0n) is 11.1. The maximum absolute atomic E-state index is 12.2. The molecule has 0 spiro atoms. The number of urea groups is 1. The summed E-state index contributed by atoms with van der Waals surface area (Å²) < 4.78 is 0. The van der Waals surface area contributed by atoms with Crippen LogP contribution in [0.15, 0.2) is 0 Å². The molecule has 1 heterocycles. The lowest BCUT2D eigenvalue weighted by molar-refractivity contribution is 0.154. The summed E-state index contributed by atoms with van der Waals surface area (Å²) >= 11 is 0. The van der Waals surface area contributed by atoms with E-state index in [-0.39, 0.29) is 6.03 Å². The number of hydrogen-bond acceptors (Lipinski definition) is 1. The second-order valence-corrected chi connectivity index (χ2v) is 5.68. The van der Waals surface area contributed by atoms with Gasteiger partial charge in [-0.2, -0.15) is 0 Å². The molecule has 0 aromatic rings. The van der Waals surface area contributed by atoms with Crippen molar-refractivity contribution in [1.29, 1.82) is 0 Å². The van der Waals surface area contributed by atoms with Gasteiger partial charge in [0.2, 0.25) is 0 Å². The van der Waals surface area contributed by atoms with Crippen LogP contribution in [0.5, 0.6) is 0 Å². The molecule has 1 aliphatic heterocycles. The fraction of sp³-hybridized carbons (Fsp3) is 0.929. The molecule has 2 aliphatic rings. The second-order valence-electron chi connectivity index (χ2n) is 5.68. The maximum atomic E-state index is 12.2. The SMILES string of the molecule is CC1CCCCN1C(=O)NC1CCCCCC1. The van der Waals surface area contributed by atoms with Crippen LogP contribution in [0.2, 0.25) is 0 Å². The normalized spacial score (nSPS) is 27.6. The molecule has 1 saturated carbocycles. The van der Waals surface area contributed by atoms with E-state index in [1.165, 1.54) is 51.4 Å². The average molecular weight is 238 g/mol. The first-order chi connectivity index (χ1) is 8.27. The summed E-state index contributed by atoms with van der Waals surface area (Å²) in [4.78, 5) is 14.2. The Hall–Kier alpha value is -0.730. The van der Waals surface area contributed by atoms with Gasteiger partial charge in [-0.05, 0) is 39.0 Å². The summed E-state index contributed by atoms with van der Waals surface area (Å²) in [6, 6.07) is 1.04. The maximum Gasteiger partial charge on any atom is 0.317 e. The number of carbonyl (C=O) groups is 1. The number of nitrogens with one attached hydrogen (secondary N) is 1. The predicted octanol–water partition coefficient (Wildman–Crippen LogP) is 3.29. The molecule has 2 amide bonds. The molecule has 3 heteroatoms.